The second-order valence-corrected chi connectivity index (χ2v) is 5.46. The fourth-order valence-corrected chi connectivity index (χ4v) is 2.75. The normalized spacial score (nSPS) is 14.4. The first-order valence-corrected chi connectivity index (χ1v) is 7.17. The molecular formula is C16H21N3O. The summed E-state index contributed by atoms with van der Waals surface area (Å²) in [5.74, 6) is 1.61. The minimum Gasteiger partial charge on any atom is -0.445 e. The van der Waals surface area contributed by atoms with Gasteiger partial charge in [-0.2, -0.15) is 0 Å². The van der Waals surface area contributed by atoms with E-state index in [1.807, 2.05) is 6.92 Å². The number of fused-ring (bicyclic) bond motifs is 1. The zero-order valence-electron chi connectivity index (χ0n) is 12.1. The molecule has 0 unspecified atom stereocenters. The number of anilines is 1. The van der Waals surface area contributed by atoms with Crippen molar-refractivity contribution in [2.45, 2.75) is 32.9 Å². The average Bonchev–Trinajstić information content (AvgIpc) is 2.85. The summed E-state index contributed by atoms with van der Waals surface area (Å²) >= 11 is 0. The molecule has 0 saturated carbocycles. The van der Waals surface area contributed by atoms with Gasteiger partial charge >= 0.3 is 0 Å². The number of oxazole rings is 1. The molecule has 0 saturated heterocycles. The van der Waals surface area contributed by atoms with Gasteiger partial charge in [-0.05, 0) is 37.0 Å². The Morgan fingerprint density at radius 1 is 1.35 bits per heavy atom. The maximum Gasteiger partial charge on any atom is 0.208 e. The highest BCUT2D eigenvalue weighted by Gasteiger charge is 2.13. The minimum absolute atomic E-state index is 0.671. The highest BCUT2D eigenvalue weighted by Crippen LogP contribution is 2.26. The fraction of sp³-hybridized carbons (Fsp3) is 0.438. The van der Waals surface area contributed by atoms with Crippen LogP contribution in [0.15, 0.2) is 28.8 Å². The smallest absolute Gasteiger partial charge is 0.208 e. The van der Waals surface area contributed by atoms with Crippen LogP contribution in [-0.2, 0) is 19.5 Å². The van der Waals surface area contributed by atoms with Gasteiger partial charge in [0.05, 0.1) is 12.7 Å². The van der Waals surface area contributed by atoms with E-state index in [0.717, 1.165) is 24.7 Å². The minimum atomic E-state index is 0.671. The molecule has 4 nitrogen and oxygen atoms in total. The SMILES string of the molecule is Cc1cnc(CNCc2ccc3c(c2)CCCN3C)o1. The first-order valence-electron chi connectivity index (χ1n) is 7.17. The van der Waals surface area contributed by atoms with Crippen LogP contribution in [0.25, 0.3) is 0 Å². The van der Waals surface area contributed by atoms with Gasteiger partial charge < -0.3 is 14.6 Å². The zero-order chi connectivity index (χ0) is 13.9. The molecule has 0 spiro atoms. The van der Waals surface area contributed by atoms with E-state index in [9.17, 15) is 0 Å². The number of aromatic nitrogens is 1. The van der Waals surface area contributed by atoms with E-state index in [1.165, 1.54) is 29.7 Å². The number of aryl methyl sites for hydroxylation is 2. The second-order valence-electron chi connectivity index (χ2n) is 5.46. The summed E-state index contributed by atoms with van der Waals surface area (Å²) in [6.45, 7) is 4.59. The van der Waals surface area contributed by atoms with Crippen molar-refractivity contribution in [2.24, 2.45) is 0 Å². The fourth-order valence-electron chi connectivity index (χ4n) is 2.75. The summed E-state index contributed by atoms with van der Waals surface area (Å²) in [5, 5.41) is 3.38. The van der Waals surface area contributed by atoms with E-state index < -0.39 is 0 Å². The van der Waals surface area contributed by atoms with Crippen LogP contribution in [0.1, 0.15) is 29.2 Å². The van der Waals surface area contributed by atoms with Gasteiger partial charge in [0.25, 0.3) is 0 Å². The summed E-state index contributed by atoms with van der Waals surface area (Å²) in [7, 11) is 2.17. The Labute approximate surface area is 119 Å². The Balaban J connectivity index is 1.60. The summed E-state index contributed by atoms with van der Waals surface area (Å²) < 4.78 is 5.45. The number of benzene rings is 1. The molecule has 0 amide bonds. The molecule has 0 atom stereocenters. The van der Waals surface area contributed by atoms with Crippen molar-refractivity contribution in [1.82, 2.24) is 10.3 Å². The molecule has 0 aliphatic carbocycles. The van der Waals surface area contributed by atoms with Crippen LogP contribution in [0.5, 0.6) is 0 Å². The molecule has 0 radical (unpaired) electrons. The van der Waals surface area contributed by atoms with Gasteiger partial charge in [-0.15, -0.1) is 0 Å². The number of hydrogen-bond acceptors (Lipinski definition) is 4. The van der Waals surface area contributed by atoms with E-state index in [1.54, 1.807) is 6.20 Å². The van der Waals surface area contributed by atoms with Crippen molar-refractivity contribution in [3.05, 3.63) is 47.2 Å². The molecule has 1 N–H and O–H groups in total. The van der Waals surface area contributed by atoms with E-state index in [0.29, 0.717) is 6.54 Å². The Morgan fingerprint density at radius 2 is 2.25 bits per heavy atom. The molecule has 2 heterocycles. The molecule has 0 fully saturated rings. The van der Waals surface area contributed by atoms with Crippen LogP contribution in [-0.4, -0.2) is 18.6 Å². The monoisotopic (exact) mass is 271 g/mol. The molecule has 3 rings (SSSR count). The number of nitrogens with one attached hydrogen (secondary N) is 1. The van der Waals surface area contributed by atoms with Crippen LogP contribution in [0.3, 0.4) is 0 Å². The molecule has 1 aliphatic heterocycles. The maximum absolute atomic E-state index is 5.45. The van der Waals surface area contributed by atoms with Crippen LogP contribution < -0.4 is 10.2 Å². The van der Waals surface area contributed by atoms with Gasteiger partial charge in [0, 0.05) is 25.8 Å². The largest absolute Gasteiger partial charge is 0.445 e. The zero-order valence-corrected chi connectivity index (χ0v) is 12.1. The second kappa shape index (κ2) is 5.67. The number of hydrogen-bond donors (Lipinski definition) is 1. The highest BCUT2D eigenvalue weighted by atomic mass is 16.4. The summed E-state index contributed by atoms with van der Waals surface area (Å²) in [4.78, 5) is 6.53. The molecule has 1 aromatic heterocycles. The van der Waals surface area contributed by atoms with Crippen molar-refractivity contribution >= 4 is 5.69 Å². The van der Waals surface area contributed by atoms with Crippen molar-refractivity contribution in [2.75, 3.05) is 18.5 Å². The van der Waals surface area contributed by atoms with Gasteiger partial charge in [0.15, 0.2) is 0 Å². The molecular weight excluding hydrogens is 250 g/mol. The van der Waals surface area contributed by atoms with Crippen LogP contribution in [0.2, 0.25) is 0 Å². The van der Waals surface area contributed by atoms with E-state index >= 15 is 0 Å². The average molecular weight is 271 g/mol. The lowest BCUT2D eigenvalue weighted by atomic mass is 9.99. The Kier molecular flexibility index (Phi) is 3.74. The third kappa shape index (κ3) is 2.85. The molecule has 1 aliphatic rings. The first-order chi connectivity index (χ1) is 9.72. The number of nitrogens with zero attached hydrogens (tertiary/aromatic N) is 2. The van der Waals surface area contributed by atoms with Gasteiger partial charge in [-0.3, -0.25) is 0 Å². The van der Waals surface area contributed by atoms with Crippen molar-refractivity contribution in [1.29, 1.82) is 0 Å². The van der Waals surface area contributed by atoms with Crippen LogP contribution >= 0.6 is 0 Å². The van der Waals surface area contributed by atoms with E-state index in [-0.39, 0.29) is 0 Å². The van der Waals surface area contributed by atoms with Gasteiger partial charge in [-0.1, -0.05) is 12.1 Å². The maximum atomic E-state index is 5.45. The Hall–Kier alpha value is -1.81. The lowest BCUT2D eigenvalue weighted by Gasteiger charge is -2.27. The molecule has 0 bridgehead atoms. The summed E-state index contributed by atoms with van der Waals surface area (Å²) in [6.07, 6.45) is 4.19. The topological polar surface area (TPSA) is 41.3 Å². The van der Waals surface area contributed by atoms with E-state index in [2.05, 4.69) is 40.4 Å². The molecule has 1 aromatic carbocycles. The summed E-state index contributed by atoms with van der Waals surface area (Å²) in [5.41, 5.74) is 4.16. The molecule has 4 heteroatoms. The lowest BCUT2D eigenvalue weighted by molar-refractivity contribution is 0.449. The van der Waals surface area contributed by atoms with Gasteiger partial charge in [-0.25, -0.2) is 4.98 Å². The summed E-state index contributed by atoms with van der Waals surface area (Å²) in [6, 6.07) is 6.76. The molecule has 20 heavy (non-hydrogen) atoms. The predicted molar refractivity (Wildman–Crippen MR) is 79.8 cm³/mol. The van der Waals surface area contributed by atoms with Crippen molar-refractivity contribution in [3.8, 4) is 0 Å². The molecule has 2 aromatic rings. The van der Waals surface area contributed by atoms with E-state index in [4.69, 9.17) is 4.42 Å². The van der Waals surface area contributed by atoms with Crippen LogP contribution in [0.4, 0.5) is 5.69 Å². The van der Waals surface area contributed by atoms with Gasteiger partial charge in [0.1, 0.15) is 5.76 Å². The standard InChI is InChI=1S/C16H21N3O/c1-12-9-18-16(20-12)11-17-10-13-5-6-15-14(8-13)4-3-7-19(15)2/h5-6,8-9,17H,3-4,7,10-11H2,1-2H3. The predicted octanol–water partition coefficient (Wildman–Crippen LogP) is 2.66. The third-order valence-electron chi connectivity index (χ3n) is 3.77. The van der Waals surface area contributed by atoms with Crippen molar-refractivity contribution < 1.29 is 4.42 Å². The Bertz CT molecular complexity index is 591. The van der Waals surface area contributed by atoms with Gasteiger partial charge in [0.2, 0.25) is 5.89 Å². The number of rotatable bonds is 4. The third-order valence-corrected chi connectivity index (χ3v) is 3.77. The van der Waals surface area contributed by atoms with Crippen LogP contribution in [0, 0.1) is 6.92 Å². The Morgan fingerprint density at radius 3 is 3.05 bits per heavy atom. The van der Waals surface area contributed by atoms with Crippen molar-refractivity contribution in [3.63, 3.8) is 0 Å². The molecule has 106 valence electrons. The quantitative estimate of drug-likeness (QED) is 0.928. The lowest BCUT2D eigenvalue weighted by Crippen LogP contribution is -2.24. The highest BCUT2D eigenvalue weighted by molar-refractivity contribution is 5.56. The first kappa shape index (κ1) is 13.2.